The minimum atomic E-state index is -0.436. The van der Waals surface area contributed by atoms with E-state index in [1.807, 2.05) is 40.8 Å². The Bertz CT molecular complexity index is 523. The molecule has 1 aliphatic rings. The molecule has 0 aromatic carbocycles. The third-order valence-electron chi connectivity index (χ3n) is 3.59. The molecule has 0 N–H and O–H groups in total. The van der Waals surface area contributed by atoms with Crippen LogP contribution in [0.1, 0.15) is 44.3 Å². The van der Waals surface area contributed by atoms with E-state index < -0.39 is 5.60 Å². The zero-order valence-corrected chi connectivity index (χ0v) is 13.6. The van der Waals surface area contributed by atoms with Crippen molar-refractivity contribution in [3.63, 3.8) is 0 Å². The molecule has 5 nitrogen and oxygen atoms in total. The Balaban J connectivity index is 1.92. The molecule has 0 bridgehead atoms. The quantitative estimate of drug-likeness (QED) is 0.840. The van der Waals surface area contributed by atoms with Gasteiger partial charge < -0.3 is 9.64 Å². The van der Waals surface area contributed by atoms with Gasteiger partial charge in [0.25, 0.3) is 0 Å². The minimum Gasteiger partial charge on any atom is -0.444 e. The number of hydrogen-bond donors (Lipinski definition) is 0. The second kappa shape index (κ2) is 6.00. The van der Waals surface area contributed by atoms with Crippen LogP contribution in [0.4, 0.5) is 4.79 Å². The van der Waals surface area contributed by atoms with Crippen LogP contribution in [0, 0.1) is 19.8 Å². The summed E-state index contributed by atoms with van der Waals surface area (Å²) in [5, 5.41) is 0. The fraction of sp³-hybridized carbons (Fsp3) is 0.688. The monoisotopic (exact) mass is 291 g/mol. The Morgan fingerprint density at radius 1 is 1.43 bits per heavy atom. The standard InChI is InChI=1S/C16H25N3O2/c1-11-9-17-14(12(2)18-11)8-13-6-7-19(10-13)15(20)21-16(3,4)5/h9,13H,6-8,10H2,1-5H3. The summed E-state index contributed by atoms with van der Waals surface area (Å²) >= 11 is 0. The molecule has 0 saturated carbocycles. The van der Waals surface area contributed by atoms with Crippen LogP contribution in [0.2, 0.25) is 0 Å². The lowest BCUT2D eigenvalue weighted by Gasteiger charge is -2.24. The number of likely N-dealkylation sites (tertiary alicyclic amines) is 1. The number of ether oxygens (including phenoxy) is 1. The zero-order valence-electron chi connectivity index (χ0n) is 13.6. The molecule has 1 fully saturated rings. The van der Waals surface area contributed by atoms with Crippen LogP contribution in [0.25, 0.3) is 0 Å². The largest absolute Gasteiger partial charge is 0.444 e. The first-order valence-corrected chi connectivity index (χ1v) is 7.51. The van der Waals surface area contributed by atoms with E-state index in [4.69, 9.17) is 4.74 Å². The lowest BCUT2D eigenvalue weighted by molar-refractivity contribution is 0.0288. The number of hydrogen-bond acceptors (Lipinski definition) is 4. The molecule has 0 spiro atoms. The summed E-state index contributed by atoms with van der Waals surface area (Å²) in [6, 6.07) is 0. The molecular weight excluding hydrogens is 266 g/mol. The van der Waals surface area contributed by atoms with E-state index in [0.29, 0.717) is 5.92 Å². The van der Waals surface area contributed by atoms with Crippen LogP contribution in [0.15, 0.2) is 6.20 Å². The molecule has 1 unspecified atom stereocenters. The molecule has 1 aromatic heterocycles. The molecule has 1 atom stereocenters. The maximum atomic E-state index is 12.0. The van der Waals surface area contributed by atoms with Gasteiger partial charge in [0.15, 0.2) is 0 Å². The summed E-state index contributed by atoms with van der Waals surface area (Å²) < 4.78 is 5.42. The fourth-order valence-corrected chi connectivity index (χ4v) is 2.59. The molecule has 116 valence electrons. The second-order valence-corrected chi connectivity index (χ2v) is 6.83. The van der Waals surface area contributed by atoms with Crippen molar-refractivity contribution < 1.29 is 9.53 Å². The highest BCUT2D eigenvalue weighted by molar-refractivity contribution is 5.68. The van der Waals surface area contributed by atoms with Gasteiger partial charge in [0.1, 0.15) is 5.60 Å². The predicted molar refractivity (Wildman–Crippen MR) is 81.1 cm³/mol. The number of amides is 1. The van der Waals surface area contributed by atoms with Crippen LogP contribution in [-0.2, 0) is 11.2 Å². The molecule has 2 heterocycles. The molecular formula is C16H25N3O2. The summed E-state index contributed by atoms with van der Waals surface area (Å²) in [5.41, 5.74) is 2.54. The van der Waals surface area contributed by atoms with Crippen molar-refractivity contribution in [1.29, 1.82) is 0 Å². The molecule has 1 aliphatic heterocycles. The predicted octanol–water partition coefficient (Wildman–Crippen LogP) is 2.89. The molecule has 0 radical (unpaired) electrons. The first-order valence-electron chi connectivity index (χ1n) is 7.51. The number of aromatic nitrogens is 2. The third kappa shape index (κ3) is 4.41. The topological polar surface area (TPSA) is 55.3 Å². The Morgan fingerprint density at radius 3 is 2.76 bits per heavy atom. The van der Waals surface area contributed by atoms with E-state index in [1.54, 1.807) is 4.90 Å². The molecule has 0 aliphatic carbocycles. The van der Waals surface area contributed by atoms with Gasteiger partial charge in [0.05, 0.1) is 17.1 Å². The van der Waals surface area contributed by atoms with E-state index in [0.717, 1.165) is 43.0 Å². The Kier molecular flexibility index (Phi) is 4.49. The highest BCUT2D eigenvalue weighted by Gasteiger charge is 2.30. The highest BCUT2D eigenvalue weighted by atomic mass is 16.6. The van der Waals surface area contributed by atoms with Gasteiger partial charge in [-0.3, -0.25) is 9.97 Å². The molecule has 1 amide bonds. The molecule has 5 heteroatoms. The summed E-state index contributed by atoms with van der Waals surface area (Å²) in [4.78, 5) is 22.8. The smallest absolute Gasteiger partial charge is 0.410 e. The first-order chi connectivity index (χ1) is 9.74. The summed E-state index contributed by atoms with van der Waals surface area (Å²) in [5.74, 6) is 0.438. The summed E-state index contributed by atoms with van der Waals surface area (Å²) in [6.45, 7) is 11.1. The zero-order chi connectivity index (χ0) is 15.6. The van der Waals surface area contributed by atoms with Crippen LogP contribution >= 0.6 is 0 Å². The molecule has 1 saturated heterocycles. The third-order valence-corrected chi connectivity index (χ3v) is 3.59. The van der Waals surface area contributed by atoms with E-state index in [2.05, 4.69) is 9.97 Å². The van der Waals surface area contributed by atoms with Gasteiger partial charge >= 0.3 is 6.09 Å². The van der Waals surface area contributed by atoms with Crippen molar-refractivity contribution in [3.8, 4) is 0 Å². The van der Waals surface area contributed by atoms with E-state index in [1.165, 1.54) is 0 Å². The van der Waals surface area contributed by atoms with Gasteiger partial charge in [-0.15, -0.1) is 0 Å². The lowest BCUT2D eigenvalue weighted by Crippen LogP contribution is -2.35. The van der Waals surface area contributed by atoms with Crippen LogP contribution in [0.5, 0.6) is 0 Å². The fourth-order valence-electron chi connectivity index (χ4n) is 2.59. The van der Waals surface area contributed by atoms with Gasteiger partial charge in [0, 0.05) is 19.3 Å². The van der Waals surface area contributed by atoms with Gasteiger partial charge in [-0.1, -0.05) is 0 Å². The van der Waals surface area contributed by atoms with Crippen molar-refractivity contribution in [1.82, 2.24) is 14.9 Å². The Labute approximate surface area is 126 Å². The first kappa shape index (κ1) is 15.7. The summed E-state index contributed by atoms with van der Waals surface area (Å²) in [6.07, 6.45) is 3.46. The average Bonchev–Trinajstić information content (AvgIpc) is 2.79. The second-order valence-electron chi connectivity index (χ2n) is 6.83. The number of aryl methyl sites for hydroxylation is 2. The number of rotatable bonds is 2. The number of nitrogens with zero attached hydrogens (tertiary/aromatic N) is 3. The van der Waals surface area contributed by atoms with Crippen molar-refractivity contribution in [2.45, 2.75) is 53.1 Å². The van der Waals surface area contributed by atoms with Crippen molar-refractivity contribution in [2.24, 2.45) is 5.92 Å². The summed E-state index contributed by atoms with van der Waals surface area (Å²) in [7, 11) is 0. The van der Waals surface area contributed by atoms with E-state index in [9.17, 15) is 4.79 Å². The van der Waals surface area contributed by atoms with Gasteiger partial charge in [0.2, 0.25) is 0 Å². The Hall–Kier alpha value is -1.65. The van der Waals surface area contributed by atoms with Crippen molar-refractivity contribution >= 4 is 6.09 Å². The molecule has 1 aromatic rings. The normalized spacial score (nSPS) is 18.9. The van der Waals surface area contributed by atoms with Crippen LogP contribution < -0.4 is 0 Å². The van der Waals surface area contributed by atoms with Gasteiger partial charge in [-0.2, -0.15) is 0 Å². The lowest BCUT2D eigenvalue weighted by atomic mass is 10.0. The average molecular weight is 291 g/mol. The molecule has 21 heavy (non-hydrogen) atoms. The number of carbonyl (C=O) groups is 1. The van der Waals surface area contributed by atoms with Crippen molar-refractivity contribution in [3.05, 3.63) is 23.3 Å². The number of carbonyl (C=O) groups excluding carboxylic acids is 1. The van der Waals surface area contributed by atoms with Gasteiger partial charge in [-0.05, 0) is 53.4 Å². The Morgan fingerprint density at radius 2 is 2.14 bits per heavy atom. The maximum absolute atomic E-state index is 12.0. The van der Waals surface area contributed by atoms with Crippen LogP contribution in [-0.4, -0.2) is 39.7 Å². The van der Waals surface area contributed by atoms with E-state index in [-0.39, 0.29) is 6.09 Å². The van der Waals surface area contributed by atoms with Crippen LogP contribution in [0.3, 0.4) is 0 Å². The maximum Gasteiger partial charge on any atom is 0.410 e. The minimum absolute atomic E-state index is 0.211. The van der Waals surface area contributed by atoms with Gasteiger partial charge in [-0.25, -0.2) is 4.79 Å². The highest BCUT2D eigenvalue weighted by Crippen LogP contribution is 2.23. The van der Waals surface area contributed by atoms with E-state index >= 15 is 0 Å². The van der Waals surface area contributed by atoms with Crippen molar-refractivity contribution in [2.75, 3.05) is 13.1 Å². The SMILES string of the molecule is Cc1cnc(CC2CCN(C(=O)OC(C)(C)C)C2)c(C)n1. The molecule has 2 rings (SSSR count).